The van der Waals surface area contributed by atoms with E-state index in [2.05, 4.69) is 58.3 Å². The Morgan fingerprint density at radius 3 is 3.00 bits per heavy atom. The molecular weight excluding hydrogens is 358 g/mol. The van der Waals surface area contributed by atoms with Gasteiger partial charge in [-0.25, -0.2) is 4.98 Å². The lowest BCUT2D eigenvalue weighted by molar-refractivity contribution is 0.0891. The van der Waals surface area contributed by atoms with Crippen LogP contribution in [0.5, 0.6) is 0 Å². The van der Waals surface area contributed by atoms with Gasteiger partial charge in [0, 0.05) is 41.1 Å². The lowest BCUT2D eigenvalue weighted by Crippen LogP contribution is -2.52. The van der Waals surface area contributed by atoms with Crippen molar-refractivity contribution in [3.05, 3.63) is 39.8 Å². The number of hydrogen-bond acceptors (Lipinski definition) is 4. The van der Waals surface area contributed by atoms with E-state index in [9.17, 15) is 0 Å². The first-order chi connectivity index (χ1) is 10.4. The van der Waals surface area contributed by atoms with E-state index in [1.165, 1.54) is 5.56 Å². The number of thiazole rings is 1. The third-order valence-electron chi connectivity index (χ3n) is 4.40. The number of nitrogens with zero attached hydrogens (tertiary/aromatic N) is 2. The molecule has 1 aliphatic rings. The first-order valence-corrected chi connectivity index (χ1v) is 9.29. The van der Waals surface area contributed by atoms with Gasteiger partial charge in [0.2, 0.25) is 0 Å². The standard InChI is InChI=1S/C17H22BrN3S/c1-17(2)11-21(7-6-15(17)19)9-14-10-22-16(20-14)12-4-3-5-13(18)8-12/h3-5,8,10,15H,6-7,9,11,19H2,1-2H3. The van der Waals surface area contributed by atoms with Gasteiger partial charge >= 0.3 is 0 Å². The van der Waals surface area contributed by atoms with Crippen molar-refractivity contribution in [2.45, 2.75) is 32.9 Å². The molecule has 3 nitrogen and oxygen atoms in total. The van der Waals surface area contributed by atoms with Crippen LogP contribution in [-0.4, -0.2) is 29.0 Å². The van der Waals surface area contributed by atoms with Gasteiger partial charge in [-0.2, -0.15) is 0 Å². The summed E-state index contributed by atoms with van der Waals surface area (Å²) in [5, 5.41) is 3.27. The predicted molar refractivity (Wildman–Crippen MR) is 96.9 cm³/mol. The van der Waals surface area contributed by atoms with Crippen molar-refractivity contribution in [3.63, 3.8) is 0 Å². The topological polar surface area (TPSA) is 42.2 Å². The van der Waals surface area contributed by atoms with E-state index in [1.54, 1.807) is 11.3 Å². The van der Waals surface area contributed by atoms with Gasteiger partial charge in [-0.15, -0.1) is 11.3 Å². The van der Waals surface area contributed by atoms with Crippen LogP contribution in [0.3, 0.4) is 0 Å². The smallest absolute Gasteiger partial charge is 0.123 e. The number of halogens is 1. The molecule has 1 fully saturated rings. The van der Waals surface area contributed by atoms with Crippen molar-refractivity contribution < 1.29 is 0 Å². The molecule has 0 radical (unpaired) electrons. The highest BCUT2D eigenvalue weighted by Gasteiger charge is 2.33. The molecule has 0 amide bonds. The molecule has 1 aromatic carbocycles. The van der Waals surface area contributed by atoms with E-state index < -0.39 is 0 Å². The summed E-state index contributed by atoms with van der Waals surface area (Å²) in [5.74, 6) is 0. The van der Waals surface area contributed by atoms with Gasteiger partial charge in [0.25, 0.3) is 0 Å². The Balaban J connectivity index is 1.70. The van der Waals surface area contributed by atoms with Gasteiger partial charge in [0.1, 0.15) is 5.01 Å². The van der Waals surface area contributed by atoms with Gasteiger partial charge in [-0.3, -0.25) is 4.90 Å². The molecule has 0 aliphatic carbocycles. The second kappa shape index (κ2) is 6.40. The molecule has 22 heavy (non-hydrogen) atoms. The predicted octanol–water partition coefficient (Wildman–Crippen LogP) is 4.13. The first kappa shape index (κ1) is 16.1. The van der Waals surface area contributed by atoms with Crippen LogP contribution < -0.4 is 5.73 Å². The molecule has 1 saturated heterocycles. The fourth-order valence-corrected chi connectivity index (χ4v) is 4.19. The van der Waals surface area contributed by atoms with E-state index in [0.717, 1.165) is 41.2 Å². The Hall–Kier alpha value is -0.750. The minimum atomic E-state index is 0.182. The van der Waals surface area contributed by atoms with Gasteiger partial charge in [0.15, 0.2) is 0 Å². The molecule has 0 bridgehead atoms. The summed E-state index contributed by atoms with van der Waals surface area (Å²) < 4.78 is 1.09. The molecule has 1 aliphatic heterocycles. The molecule has 2 N–H and O–H groups in total. The Morgan fingerprint density at radius 2 is 2.27 bits per heavy atom. The zero-order valence-corrected chi connectivity index (χ0v) is 15.5. The van der Waals surface area contributed by atoms with Crippen LogP contribution in [0.1, 0.15) is 26.0 Å². The second-order valence-electron chi connectivity index (χ2n) is 6.75. The van der Waals surface area contributed by atoms with E-state index in [-0.39, 0.29) is 5.41 Å². The summed E-state index contributed by atoms with van der Waals surface area (Å²) in [6, 6.07) is 8.62. The summed E-state index contributed by atoms with van der Waals surface area (Å²) in [6.07, 6.45) is 1.07. The summed E-state index contributed by atoms with van der Waals surface area (Å²) in [5.41, 5.74) is 8.73. The zero-order valence-electron chi connectivity index (χ0n) is 13.1. The summed E-state index contributed by atoms with van der Waals surface area (Å²) in [6.45, 7) is 7.54. The normalized spacial score (nSPS) is 21.9. The summed E-state index contributed by atoms with van der Waals surface area (Å²) in [7, 11) is 0. The van der Waals surface area contributed by atoms with Gasteiger partial charge < -0.3 is 5.73 Å². The molecule has 0 spiro atoms. The van der Waals surface area contributed by atoms with Crippen LogP contribution in [0, 0.1) is 5.41 Å². The highest BCUT2D eigenvalue weighted by Crippen LogP contribution is 2.30. The van der Waals surface area contributed by atoms with Crippen LogP contribution in [0.4, 0.5) is 0 Å². The second-order valence-corrected chi connectivity index (χ2v) is 8.52. The van der Waals surface area contributed by atoms with Gasteiger partial charge in [-0.1, -0.05) is 41.9 Å². The molecule has 2 heterocycles. The molecule has 2 aromatic rings. The SMILES string of the molecule is CC1(C)CN(Cc2csc(-c3cccc(Br)c3)n2)CCC1N. The minimum Gasteiger partial charge on any atom is -0.327 e. The van der Waals surface area contributed by atoms with Crippen LogP contribution >= 0.6 is 27.3 Å². The van der Waals surface area contributed by atoms with E-state index in [4.69, 9.17) is 10.7 Å². The largest absolute Gasteiger partial charge is 0.327 e. The van der Waals surface area contributed by atoms with E-state index in [1.807, 2.05) is 6.07 Å². The number of likely N-dealkylation sites (tertiary alicyclic amines) is 1. The van der Waals surface area contributed by atoms with Crippen molar-refractivity contribution in [1.82, 2.24) is 9.88 Å². The minimum absolute atomic E-state index is 0.182. The number of rotatable bonds is 3. The number of aromatic nitrogens is 1. The van der Waals surface area contributed by atoms with Crippen molar-refractivity contribution in [1.29, 1.82) is 0 Å². The van der Waals surface area contributed by atoms with Gasteiger partial charge in [-0.05, 0) is 24.0 Å². The molecule has 1 unspecified atom stereocenters. The first-order valence-electron chi connectivity index (χ1n) is 7.62. The highest BCUT2D eigenvalue weighted by atomic mass is 79.9. The fraction of sp³-hybridized carbons (Fsp3) is 0.471. The van der Waals surface area contributed by atoms with Crippen molar-refractivity contribution in [2.75, 3.05) is 13.1 Å². The third-order valence-corrected chi connectivity index (χ3v) is 5.83. The fourth-order valence-electron chi connectivity index (χ4n) is 2.98. The maximum absolute atomic E-state index is 6.22. The number of nitrogens with two attached hydrogens (primary N) is 1. The lowest BCUT2D eigenvalue weighted by Gasteiger charge is -2.42. The molecule has 1 atom stereocenters. The third kappa shape index (κ3) is 3.59. The average molecular weight is 380 g/mol. The Kier molecular flexibility index (Phi) is 4.69. The van der Waals surface area contributed by atoms with Crippen LogP contribution in [-0.2, 0) is 6.54 Å². The number of hydrogen-bond donors (Lipinski definition) is 1. The lowest BCUT2D eigenvalue weighted by atomic mass is 9.80. The Bertz CT molecular complexity index is 653. The van der Waals surface area contributed by atoms with Crippen LogP contribution in [0.15, 0.2) is 34.1 Å². The maximum Gasteiger partial charge on any atom is 0.123 e. The molecule has 0 saturated carbocycles. The van der Waals surface area contributed by atoms with E-state index in [0.29, 0.717) is 6.04 Å². The average Bonchev–Trinajstić information content (AvgIpc) is 2.91. The number of piperidine rings is 1. The van der Waals surface area contributed by atoms with Gasteiger partial charge in [0.05, 0.1) is 5.69 Å². The van der Waals surface area contributed by atoms with Crippen LogP contribution in [0.25, 0.3) is 10.6 Å². The molecule has 5 heteroatoms. The monoisotopic (exact) mass is 379 g/mol. The quantitative estimate of drug-likeness (QED) is 0.871. The molecular formula is C17H22BrN3S. The zero-order chi connectivity index (χ0) is 15.7. The summed E-state index contributed by atoms with van der Waals surface area (Å²) >= 11 is 5.24. The maximum atomic E-state index is 6.22. The Morgan fingerprint density at radius 1 is 1.45 bits per heavy atom. The van der Waals surface area contributed by atoms with Crippen molar-refractivity contribution in [3.8, 4) is 10.6 Å². The summed E-state index contributed by atoms with van der Waals surface area (Å²) in [4.78, 5) is 7.28. The molecule has 3 rings (SSSR count). The molecule has 1 aromatic heterocycles. The number of benzene rings is 1. The Labute approximate surface area is 144 Å². The molecule has 118 valence electrons. The van der Waals surface area contributed by atoms with Crippen molar-refractivity contribution in [2.24, 2.45) is 11.1 Å². The van der Waals surface area contributed by atoms with Crippen LogP contribution in [0.2, 0.25) is 0 Å². The van der Waals surface area contributed by atoms with E-state index >= 15 is 0 Å². The highest BCUT2D eigenvalue weighted by molar-refractivity contribution is 9.10. The van der Waals surface area contributed by atoms with Crippen molar-refractivity contribution >= 4 is 27.3 Å².